The first-order valence-electron chi connectivity index (χ1n) is 13.0. The summed E-state index contributed by atoms with van der Waals surface area (Å²) in [5.74, 6) is 2.23. The lowest BCUT2D eigenvalue weighted by molar-refractivity contribution is 0.608. The number of nitrogens with one attached hydrogen (secondary N) is 2. The van der Waals surface area contributed by atoms with E-state index in [1.54, 1.807) is 0 Å². The zero-order valence-corrected chi connectivity index (χ0v) is 21.1. The molecule has 176 valence electrons. The summed E-state index contributed by atoms with van der Waals surface area (Å²) in [6.45, 7) is 11.2. The van der Waals surface area contributed by atoms with E-state index in [0.717, 1.165) is 65.8 Å². The molecule has 0 bridgehead atoms. The first-order valence-corrected chi connectivity index (χ1v) is 13.0. The SMILES string of the molecule is CCCCc1ccc2[nH]c(C(CCCC)c3nc4c(C)c(CCCC)ccc4[nH]3)nc2c1C. The molecule has 0 fully saturated rings. The number of unbranched alkanes of at least 4 members (excludes halogenated alkanes) is 3. The molecule has 4 aromatic rings. The van der Waals surface area contributed by atoms with E-state index < -0.39 is 0 Å². The molecule has 0 saturated heterocycles. The molecule has 4 rings (SSSR count). The van der Waals surface area contributed by atoms with Crippen LogP contribution >= 0.6 is 0 Å². The van der Waals surface area contributed by atoms with Gasteiger partial charge in [0.25, 0.3) is 0 Å². The summed E-state index contributed by atoms with van der Waals surface area (Å²) in [4.78, 5) is 17.6. The molecule has 2 N–H and O–H groups in total. The number of aromatic nitrogens is 4. The standard InChI is InChI=1S/C29H40N4/c1-6-9-12-21-15-17-24-26(19(21)4)32-28(30-24)23(14-11-8-3)29-31-25-18-16-22(13-10-7-2)20(5)27(25)33-29/h15-18,23H,6-14H2,1-5H3,(H,30,32)(H,31,33). The van der Waals surface area contributed by atoms with Gasteiger partial charge in [0.1, 0.15) is 11.6 Å². The Kier molecular flexibility index (Phi) is 7.52. The average molecular weight is 445 g/mol. The first kappa shape index (κ1) is 23.5. The normalized spacial score (nSPS) is 11.9. The van der Waals surface area contributed by atoms with Gasteiger partial charge >= 0.3 is 0 Å². The summed E-state index contributed by atoms with van der Waals surface area (Å²) >= 11 is 0. The molecule has 0 aliphatic rings. The van der Waals surface area contributed by atoms with E-state index in [2.05, 4.69) is 68.9 Å². The van der Waals surface area contributed by atoms with Crippen molar-refractivity contribution in [3.05, 3.63) is 58.2 Å². The molecule has 0 atom stereocenters. The second kappa shape index (κ2) is 10.5. The van der Waals surface area contributed by atoms with Crippen molar-refractivity contribution in [1.29, 1.82) is 0 Å². The molecule has 0 aliphatic heterocycles. The number of benzene rings is 2. The van der Waals surface area contributed by atoms with E-state index in [4.69, 9.17) is 9.97 Å². The van der Waals surface area contributed by atoms with Crippen molar-refractivity contribution in [2.75, 3.05) is 0 Å². The summed E-state index contributed by atoms with van der Waals surface area (Å²) < 4.78 is 0. The van der Waals surface area contributed by atoms with Crippen molar-refractivity contribution in [1.82, 2.24) is 19.9 Å². The Morgan fingerprint density at radius 2 is 1.12 bits per heavy atom. The molecule has 0 aliphatic carbocycles. The van der Waals surface area contributed by atoms with Crippen molar-refractivity contribution >= 4 is 22.1 Å². The Morgan fingerprint density at radius 1 is 0.667 bits per heavy atom. The van der Waals surface area contributed by atoms with Crippen LogP contribution in [0.15, 0.2) is 24.3 Å². The number of hydrogen-bond donors (Lipinski definition) is 2. The predicted molar refractivity (Wildman–Crippen MR) is 140 cm³/mol. The van der Waals surface area contributed by atoms with Gasteiger partial charge in [0.05, 0.1) is 28.0 Å². The number of rotatable bonds is 11. The van der Waals surface area contributed by atoms with Gasteiger partial charge in [-0.3, -0.25) is 0 Å². The van der Waals surface area contributed by atoms with Crippen LogP contribution in [0.25, 0.3) is 22.1 Å². The van der Waals surface area contributed by atoms with E-state index in [-0.39, 0.29) is 5.92 Å². The number of fused-ring (bicyclic) bond motifs is 2. The van der Waals surface area contributed by atoms with Gasteiger partial charge in [0.2, 0.25) is 0 Å². The molecule has 2 heterocycles. The largest absolute Gasteiger partial charge is 0.341 e. The fourth-order valence-corrected chi connectivity index (χ4v) is 4.96. The van der Waals surface area contributed by atoms with Crippen molar-refractivity contribution in [3.63, 3.8) is 0 Å². The van der Waals surface area contributed by atoms with Gasteiger partial charge in [-0.15, -0.1) is 0 Å². The third-order valence-corrected chi connectivity index (χ3v) is 7.18. The zero-order chi connectivity index (χ0) is 23.4. The summed E-state index contributed by atoms with van der Waals surface area (Å²) in [5, 5.41) is 0. The van der Waals surface area contributed by atoms with E-state index in [1.165, 1.54) is 47.9 Å². The van der Waals surface area contributed by atoms with Gasteiger partial charge in [-0.1, -0.05) is 58.6 Å². The minimum Gasteiger partial charge on any atom is -0.341 e. The molecule has 2 aromatic carbocycles. The van der Waals surface area contributed by atoms with Crippen molar-refractivity contribution in [2.45, 2.75) is 98.3 Å². The average Bonchev–Trinajstić information content (AvgIpc) is 3.44. The van der Waals surface area contributed by atoms with Crippen LogP contribution in [0.4, 0.5) is 0 Å². The lowest BCUT2D eigenvalue weighted by atomic mass is 10.0. The van der Waals surface area contributed by atoms with Gasteiger partial charge in [-0.25, -0.2) is 9.97 Å². The summed E-state index contributed by atoms with van der Waals surface area (Å²) in [7, 11) is 0. The van der Waals surface area contributed by atoms with E-state index in [1.807, 2.05) is 0 Å². The zero-order valence-electron chi connectivity index (χ0n) is 21.1. The Bertz CT molecular complexity index is 1120. The van der Waals surface area contributed by atoms with Gasteiger partial charge in [-0.2, -0.15) is 0 Å². The summed E-state index contributed by atoms with van der Waals surface area (Å²) in [5.41, 5.74) is 10.00. The third-order valence-electron chi connectivity index (χ3n) is 7.18. The molecule has 0 radical (unpaired) electrons. The van der Waals surface area contributed by atoms with E-state index in [9.17, 15) is 0 Å². The molecule has 4 nitrogen and oxygen atoms in total. The Balaban J connectivity index is 1.74. The minimum absolute atomic E-state index is 0.154. The maximum absolute atomic E-state index is 5.15. The van der Waals surface area contributed by atoms with Gasteiger partial charge in [0.15, 0.2) is 0 Å². The summed E-state index contributed by atoms with van der Waals surface area (Å²) in [6.07, 6.45) is 10.5. The fourth-order valence-electron chi connectivity index (χ4n) is 4.96. The lowest BCUT2D eigenvalue weighted by Gasteiger charge is -2.11. The fraction of sp³-hybridized carbons (Fsp3) is 0.517. The Hall–Kier alpha value is -2.62. The van der Waals surface area contributed by atoms with Crippen molar-refractivity contribution < 1.29 is 0 Å². The maximum atomic E-state index is 5.15. The number of aromatic amines is 2. The highest BCUT2D eigenvalue weighted by Crippen LogP contribution is 2.32. The third kappa shape index (κ3) is 4.85. The monoisotopic (exact) mass is 444 g/mol. The molecule has 0 saturated carbocycles. The Morgan fingerprint density at radius 3 is 1.55 bits per heavy atom. The number of hydrogen-bond acceptors (Lipinski definition) is 2. The number of imidazole rings is 2. The lowest BCUT2D eigenvalue weighted by Crippen LogP contribution is -2.05. The molecule has 2 aromatic heterocycles. The van der Waals surface area contributed by atoms with Gasteiger partial charge in [-0.05, 0) is 80.3 Å². The summed E-state index contributed by atoms with van der Waals surface area (Å²) in [6, 6.07) is 8.98. The van der Waals surface area contributed by atoms with Crippen molar-refractivity contribution in [2.24, 2.45) is 0 Å². The van der Waals surface area contributed by atoms with E-state index in [0.29, 0.717) is 0 Å². The van der Waals surface area contributed by atoms with Crippen LogP contribution in [-0.4, -0.2) is 19.9 Å². The van der Waals surface area contributed by atoms with Crippen LogP contribution in [-0.2, 0) is 12.8 Å². The van der Waals surface area contributed by atoms with Crippen LogP contribution in [0, 0.1) is 13.8 Å². The van der Waals surface area contributed by atoms with Crippen LogP contribution in [0.3, 0.4) is 0 Å². The van der Waals surface area contributed by atoms with Gasteiger partial charge < -0.3 is 9.97 Å². The topological polar surface area (TPSA) is 57.4 Å². The van der Waals surface area contributed by atoms with Crippen LogP contribution in [0.5, 0.6) is 0 Å². The molecule has 0 spiro atoms. The predicted octanol–water partition coefficient (Wildman–Crippen LogP) is 8.06. The molecule has 0 unspecified atom stereocenters. The second-order valence-electron chi connectivity index (χ2n) is 9.64. The quantitative estimate of drug-likeness (QED) is 0.246. The first-order chi connectivity index (χ1) is 16.1. The number of nitrogens with zero attached hydrogens (tertiary/aromatic N) is 2. The van der Waals surface area contributed by atoms with Crippen LogP contribution in [0.2, 0.25) is 0 Å². The smallest absolute Gasteiger partial charge is 0.117 e. The Labute approximate surface area is 198 Å². The van der Waals surface area contributed by atoms with Gasteiger partial charge in [0, 0.05) is 0 Å². The van der Waals surface area contributed by atoms with Crippen molar-refractivity contribution in [3.8, 4) is 0 Å². The molecular formula is C29H40N4. The minimum atomic E-state index is 0.154. The van der Waals surface area contributed by atoms with Crippen LogP contribution in [0.1, 0.15) is 106 Å². The highest BCUT2D eigenvalue weighted by Gasteiger charge is 2.23. The molecule has 33 heavy (non-hydrogen) atoms. The molecule has 4 heteroatoms. The number of aryl methyl sites for hydroxylation is 4. The number of H-pyrrole nitrogens is 2. The van der Waals surface area contributed by atoms with E-state index >= 15 is 0 Å². The van der Waals surface area contributed by atoms with Crippen LogP contribution < -0.4 is 0 Å². The maximum Gasteiger partial charge on any atom is 0.117 e. The molecular weight excluding hydrogens is 404 g/mol. The highest BCUT2D eigenvalue weighted by molar-refractivity contribution is 5.81. The highest BCUT2D eigenvalue weighted by atomic mass is 15.0. The molecule has 0 amide bonds. The second-order valence-corrected chi connectivity index (χ2v) is 9.64.